The van der Waals surface area contributed by atoms with Crippen LogP contribution in [0, 0.1) is 0 Å². The zero-order chi connectivity index (χ0) is 24.3. The first kappa shape index (κ1) is 24.3. The van der Waals surface area contributed by atoms with Gasteiger partial charge in [0, 0.05) is 43.0 Å². The summed E-state index contributed by atoms with van der Waals surface area (Å²) in [5.41, 5.74) is 4.40. The van der Waals surface area contributed by atoms with Crippen molar-refractivity contribution in [3.05, 3.63) is 71.4 Å². The Hall–Kier alpha value is -2.88. The Labute approximate surface area is 206 Å². The van der Waals surface area contributed by atoms with Gasteiger partial charge in [-0.25, -0.2) is 17.7 Å². The van der Waals surface area contributed by atoms with E-state index < -0.39 is 10.0 Å². The first-order valence-corrected chi connectivity index (χ1v) is 13.0. The van der Waals surface area contributed by atoms with Gasteiger partial charge in [-0.3, -0.25) is 0 Å². The van der Waals surface area contributed by atoms with Crippen LogP contribution in [-0.4, -0.2) is 55.3 Å². The number of halogens is 1. The maximum Gasteiger partial charge on any atom is 0.242 e. The number of hydrogen-bond acceptors (Lipinski definition) is 5. The Kier molecular flexibility index (Phi) is 7.26. The number of hydrogen-bond donors (Lipinski definition) is 1. The van der Waals surface area contributed by atoms with Crippen molar-refractivity contribution < 1.29 is 8.42 Å². The molecule has 2 aromatic heterocycles. The van der Waals surface area contributed by atoms with E-state index in [0.29, 0.717) is 29.4 Å². The molecular weight excluding hydrogens is 469 g/mol. The summed E-state index contributed by atoms with van der Waals surface area (Å²) in [5.74, 6) is 0.772. The summed E-state index contributed by atoms with van der Waals surface area (Å²) in [6.45, 7) is 2.99. The number of aromatic nitrogens is 3. The van der Waals surface area contributed by atoms with Crippen LogP contribution in [0.2, 0.25) is 5.02 Å². The Morgan fingerprint density at radius 3 is 2.59 bits per heavy atom. The molecule has 1 N–H and O–H groups in total. The van der Waals surface area contributed by atoms with Crippen molar-refractivity contribution >= 4 is 46.4 Å². The van der Waals surface area contributed by atoms with Gasteiger partial charge in [-0.2, -0.15) is 9.61 Å². The quantitative estimate of drug-likeness (QED) is 0.285. The van der Waals surface area contributed by atoms with E-state index in [9.17, 15) is 8.42 Å². The van der Waals surface area contributed by atoms with Gasteiger partial charge >= 0.3 is 0 Å². The molecule has 34 heavy (non-hydrogen) atoms. The summed E-state index contributed by atoms with van der Waals surface area (Å²) in [6.07, 6.45) is 3.26. The molecule has 2 aromatic carbocycles. The number of rotatable bonds is 9. The van der Waals surface area contributed by atoms with Crippen LogP contribution in [0.3, 0.4) is 0 Å². The van der Waals surface area contributed by atoms with Crippen LogP contribution >= 0.6 is 11.6 Å². The second-order valence-corrected chi connectivity index (χ2v) is 10.6. The molecule has 4 aromatic rings. The first-order chi connectivity index (χ1) is 16.3. The third-order valence-electron chi connectivity index (χ3n) is 5.79. The Bertz CT molecular complexity index is 1410. The van der Waals surface area contributed by atoms with Gasteiger partial charge in [-0.15, -0.1) is 0 Å². The van der Waals surface area contributed by atoms with Crippen molar-refractivity contribution in [2.45, 2.75) is 24.7 Å². The van der Waals surface area contributed by atoms with Gasteiger partial charge in [-0.05, 0) is 42.1 Å². The lowest BCUT2D eigenvalue weighted by Crippen LogP contribution is -2.29. The van der Waals surface area contributed by atoms with Crippen molar-refractivity contribution in [3.8, 4) is 11.3 Å². The van der Waals surface area contributed by atoms with E-state index in [-0.39, 0.29) is 0 Å². The van der Waals surface area contributed by atoms with Gasteiger partial charge in [0.15, 0.2) is 5.65 Å². The van der Waals surface area contributed by atoms with Crippen LogP contribution in [-0.2, 0) is 16.4 Å². The SMILES string of the molecule is Bc1cnn2c(NCCCN(C)S(=O)(=O)c3ccc(CC)cc3)cc(-c3ccccc3Cl)nc12. The minimum Gasteiger partial charge on any atom is -0.370 e. The first-order valence-electron chi connectivity index (χ1n) is 11.2. The van der Waals surface area contributed by atoms with Crippen LogP contribution in [0.5, 0.6) is 0 Å². The maximum absolute atomic E-state index is 12.9. The molecule has 0 saturated heterocycles. The second-order valence-electron chi connectivity index (χ2n) is 8.17. The molecule has 176 valence electrons. The summed E-state index contributed by atoms with van der Waals surface area (Å²) < 4.78 is 28.9. The molecule has 0 aliphatic carbocycles. The molecule has 0 unspecified atom stereocenters. The normalized spacial score (nSPS) is 11.9. The molecule has 2 heterocycles. The average Bonchev–Trinajstić information content (AvgIpc) is 3.22. The molecule has 10 heteroatoms. The molecule has 0 atom stereocenters. The number of sulfonamides is 1. The molecule has 0 radical (unpaired) electrons. The van der Waals surface area contributed by atoms with Crippen molar-refractivity contribution in [3.63, 3.8) is 0 Å². The summed E-state index contributed by atoms with van der Waals surface area (Å²) >= 11 is 6.40. The predicted molar refractivity (Wildman–Crippen MR) is 140 cm³/mol. The van der Waals surface area contributed by atoms with Gasteiger partial charge in [0.05, 0.1) is 10.6 Å². The van der Waals surface area contributed by atoms with E-state index in [0.717, 1.165) is 40.2 Å². The number of nitrogens with one attached hydrogen (secondary N) is 1. The van der Waals surface area contributed by atoms with Gasteiger partial charge in [-0.1, -0.05) is 48.9 Å². The molecule has 0 bridgehead atoms. The number of anilines is 1. The van der Waals surface area contributed by atoms with E-state index in [1.165, 1.54) is 4.31 Å². The van der Waals surface area contributed by atoms with Gasteiger partial charge in [0.1, 0.15) is 13.7 Å². The Morgan fingerprint density at radius 1 is 1.15 bits per heavy atom. The standard InChI is InChI=1S/C24H27BClN5O2S/c1-3-17-9-11-18(12-10-17)34(32,33)30(2)14-6-13-27-23-15-22(19-7-4-5-8-21(19)26)29-24-20(25)16-28-31(23)24/h4-5,7-12,15-16,27H,3,6,13-14,25H2,1-2H3. The number of aryl methyl sites for hydroxylation is 1. The van der Waals surface area contributed by atoms with Crippen molar-refractivity contribution in [2.75, 3.05) is 25.5 Å². The highest BCUT2D eigenvalue weighted by Gasteiger charge is 2.20. The van der Waals surface area contributed by atoms with Gasteiger partial charge < -0.3 is 5.32 Å². The molecule has 0 spiro atoms. The highest BCUT2D eigenvalue weighted by molar-refractivity contribution is 7.89. The van der Waals surface area contributed by atoms with Crippen molar-refractivity contribution in [1.29, 1.82) is 0 Å². The number of benzene rings is 2. The lowest BCUT2D eigenvalue weighted by molar-refractivity contribution is 0.465. The summed E-state index contributed by atoms with van der Waals surface area (Å²) in [6, 6.07) is 16.6. The lowest BCUT2D eigenvalue weighted by atomic mass is 10.0. The van der Waals surface area contributed by atoms with Crippen LogP contribution < -0.4 is 10.8 Å². The number of fused-ring (bicyclic) bond motifs is 1. The van der Waals surface area contributed by atoms with Crippen LogP contribution in [0.15, 0.2) is 65.7 Å². The third-order valence-corrected chi connectivity index (χ3v) is 7.99. The molecule has 0 aliphatic rings. The summed E-state index contributed by atoms with van der Waals surface area (Å²) in [4.78, 5) is 5.06. The van der Waals surface area contributed by atoms with E-state index in [4.69, 9.17) is 16.6 Å². The molecule has 7 nitrogen and oxygen atoms in total. The van der Waals surface area contributed by atoms with Crippen LogP contribution in [0.25, 0.3) is 16.9 Å². The second kappa shape index (κ2) is 10.2. The van der Waals surface area contributed by atoms with Crippen LogP contribution in [0.1, 0.15) is 18.9 Å². The van der Waals surface area contributed by atoms with E-state index >= 15 is 0 Å². The minimum absolute atomic E-state index is 0.312. The molecule has 0 saturated carbocycles. The fourth-order valence-corrected chi connectivity index (χ4v) is 5.16. The highest BCUT2D eigenvalue weighted by atomic mass is 35.5. The average molecular weight is 496 g/mol. The summed E-state index contributed by atoms with van der Waals surface area (Å²) in [5, 5.41) is 8.45. The van der Waals surface area contributed by atoms with E-state index in [1.807, 2.05) is 57.2 Å². The Balaban J connectivity index is 1.47. The maximum atomic E-state index is 12.9. The molecular formula is C24H27BClN5O2S. The fraction of sp³-hybridized carbons (Fsp3) is 0.250. The third kappa shape index (κ3) is 4.96. The van der Waals surface area contributed by atoms with Crippen molar-refractivity contribution in [1.82, 2.24) is 18.9 Å². The largest absolute Gasteiger partial charge is 0.370 e. The molecule has 4 rings (SSSR count). The van der Waals surface area contributed by atoms with E-state index in [1.54, 1.807) is 29.9 Å². The minimum atomic E-state index is -3.52. The lowest BCUT2D eigenvalue weighted by Gasteiger charge is -2.18. The molecule has 0 aliphatic heterocycles. The molecule has 0 amide bonds. The van der Waals surface area contributed by atoms with Gasteiger partial charge in [0.25, 0.3) is 0 Å². The number of nitrogens with zero attached hydrogens (tertiary/aromatic N) is 4. The zero-order valence-electron chi connectivity index (χ0n) is 19.5. The highest BCUT2D eigenvalue weighted by Crippen LogP contribution is 2.28. The van der Waals surface area contributed by atoms with E-state index in [2.05, 4.69) is 10.4 Å². The van der Waals surface area contributed by atoms with Crippen LogP contribution in [0.4, 0.5) is 5.82 Å². The monoisotopic (exact) mass is 495 g/mol. The fourth-order valence-electron chi connectivity index (χ4n) is 3.72. The topological polar surface area (TPSA) is 79.6 Å². The van der Waals surface area contributed by atoms with Gasteiger partial charge in [0.2, 0.25) is 10.0 Å². The summed E-state index contributed by atoms with van der Waals surface area (Å²) in [7, 11) is 0.0473. The smallest absolute Gasteiger partial charge is 0.242 e. The Morgan fingerprint density at radius 2 is 1.88 bits per heavy atom. The predicted octanol–water partition coefficient (Wildman–Crippen LogP) is 2.99. The zero-order valence-corrected chi connectivity index (χ0v) is 21.1. The molecule has 0 fully saturated rings. The van der Waals surface area contributed by atoms with Crippen molar-refractivity contribution in [2.24, 2.45) is 0 Å².